The number of carbonyl (C=O) groups excluding carboxylic acids is 2. The Kier molecular flexibility index (Phi) is 5.39. The quantitative estimate of drug-likeness (QED) is 0.790. The highest BCUT2D eigenvalue weighted by Crippen LogP contribution is 2.22. The fourth-order valence-corrected chi connectivity index (χ4v) is 2.19. The third-order valence-electron chi connectivity index (χ3n) is 3.27. The molecule has 1 unspecified atom stereocenters. The van der Waals surface area contributed by atoms with Crippen molar-refractivity contribution in [3.05, 3.63) is 0 Å². The molecule has 4 nitrogen and oxygen atoms in total. The maximum atomic E-state index is 12.0. The molecule has 1 saturated heterocycles. The van der Waals surface area contributed by atoms with Crippen molar-refractivity contribution in [1.29, 1.82) is 0 Å². The van der Waals surface area contributed by atoms with Crippen LogP contribution in [0.25, 0.3) is 0 Å². The number of rotatable bonds is 3. The van der Waals surface area contributed by atoms with Gasteiger partial charge in [0, 0.05) is 25.4 Å². The zero-order valence-corrected chi connectivity index (χ0v) is 12.9. The Morgan fingerprint density at radius 1 is 1.42 bits per heavy atom. The SMILES string of the molecule is CC(C)CCC1CN(C(=O)OC(C)(C)C)CCC1=O. The third-order valence-corrected chi connectivity index (χ3v) is 3.27. The lowest BCUT2D eigenvalue weighted by molar-refractivity contribution is -0.126. The summed E-state index contributed by atoms with van der Waals surface area (Å²) in [5, 5.41) is 0. The van der Waals surface area contributed by atoms with Gasteiger partial charge in [-0.25, -0.2) is 4.79 Å². The van der Waals surface area contributed by atoms with Crippen molar-refractivity contribution in [2.75, 3.05) is 13.1 Å². The summed E-state index contributed by atoms with van der Waals surface area (Å²) >= 11 is 0. The standard InChI is InChI=1S/C15H27NO3/c1-11(2)6-7-12-10-16(9-8-13(12)17)14(18)19-15(3,4)5/h11-12H,6-10H2,1-5H3. The molecule has 1 heterocycles. The smallest absolute Gasteiger partial charge is 0.410 e. The molecule has 0 bridgehead atoms. The summed E-state index contributed by atoms with van der Waals surface area (Å²) in [7, 11) is 0. The average molecular weight is 269 g/mol. The molecule has 1 amide bonds. The van der Waals surface area contributed by atoms with Crippen LogP contribution in [0, 0.1) is 11.8 Å². The molecule has 1 aliphatic heterocycles. The fourth-order valence-electron chi connectivity index (χ4n) is 2.19. The van der Waals surface area contributed by atoms with E-state index in [1.54, 1.807) is 4.90 Å². The van der Waals surface area contributed by atoms with Crippen LogP contribution in [0.4, 0.5) is 4.79 Å². The summed E-state index contributed by atoms with van der Waals surface area (Å²) in [6.07, 6.45) is 2.06. The molecule has 0 aromatic heterocycles. The maximum Gasteiger partial charge on any atom is 0.410 e. The van der Waals surface area contributed by atoms with Crippen LogP contribution in [0.2, 0.25) is 0 Å². The Morgan fingerprint density at radius 2 is 2.05 bits per heavy atom. The van der Waals surface area contributed by atoms with E-state index >= 15 is 0 Å². The molecule has 0 saturated carbocycles. The van der Waals surface area contributed by atoms with Gasteiger partial charge in [-0.2, -0.15) is 0 Å². The second kappa shape index (κ2) is 6.40. The molecule has 1 fully saturated rings. The molecule has 110 valence electrons. The van der Waals surface area contributed by atoms with Crippen LogP contribution in [0.3, 0.4) is 0 Å². The van der Waals surface area contributed by atoms with Gasteiger partial charge in [-0.15, -0.1) is 0 Å². The van der Waals surface area contributed by atoms with E-state index in [9.17, 15) is 9.59 Å². The molecule has 19 heavy (non-hydrogen) atoms. The molecule has 0 N–H and O–H groups in total. The van der Waals surface area contributed by atoms with Crippen molar-refractivity contribution >= 4 is 11.9 Å². The van der Waals surface area contributed by atoms with Gasteiger partial charge in [0.15, 0.2) is 0 Å². The number of nitrogens with zero attached hydrogens (tertiary/aromatic N) is 1. The third kappa shape index (κ3) is 5.62. The van der Waals surface area contributed by atoms with Gasteiger partial charge >= 0.3 is 6.09 Å². The van der Waals surface area contributed by atoms with E-state index in [1.165, 1.54) is 0 Å². The number of ketones is 1. The van der Waals surface area contributed by atoms with E-state index in [0.29, 0.717) is 31.2 Å². The van der Waals surface area contributed by atoms with Crippen LogP contribution in [0.5, 0.6) is 0 Å². The molecular weight excluding hydrogens is 242 g/mol. The average Bonchev–Trinajstić information content (AvgIpc) is 2.25. The van der Waals surface area contributed by atoms with E-state index in [1.807, 2.05) is 20.8 Å². The van der Waals surface area contributed by atoms with Crippen LogP contribution in [0.1, 0.15) is 53.9 Å². The van der Waals surface area contributed by atoms with Gasteiger partial charge < -0.3 is 9.64 Å². The Bertz CT molecular complexity index is 331. The lowest BCUT2D eigenvalue weighted by Crippen LogP contribution is -2.46. The highest BCUT2D eigenvalue weighted by atomic mass is 16.6. The maximum absolute atomic E-state index is 12.0. The molecule has 1 aliphatic rings. The summed E-state index contributed by atoms with van der Waals surface area (Å²) in [4.78, 5) is 25.6. The van der Waals surface area contributed by atoms with Crippen LogP contribution in [-0.4, -0.2) is 35.5 Å². The van der Waals surface area contributed by atoms with Gasteiger partial charge in [0.05, 0.1) is 0 Å². The van der Waals surface area contributed by atoms with Crippen molar-refractivity contribution in [2.45, 2.75) is 59.5 Å². The molecule has 0 aromatic carbocycles. The number of hydrogen-bond donors (Lipinski definition) is 0. The highest BCUT2D eigenvalue weighted by molar-refractivity contribution is 5.84. The summed E-state index contributed by atoms with van der Waals surface area (Å²) in [6.45, 7) is 10.9. The highest BCUT2D eigenvalue weighted by Gasteiger charge is 2.31. The predicted octanol–water partition coefficient (Wildman–Crippen LogP) is 3.25. The minimum atomic E-state index is -0.480. The molecule has 0 spiro atoms. The van der Waals surface area contributed by atoms with Crippen molar-refractivity contribution in [1.82, 2.24) is 4.90 Å². The fraction of sp³-hybridized carbons (Fsp3) is 0.867. The molecule has 0 aromatic rings. The van der Waals surface area contributed by atoms with E-state index in [2.05, 4.69) is 13.8 Å². The normalized spacial score (nSPS) is 20.8. The van der Waals surface area contributed by atoms with Gasteiger partial charge in [-0.1, -0.05) is 20.3 Å². The van der Waals surface area contributed by atoms with Crippen molar-refractivity contribution in [2.24, 2.45) is 11.8 Å². The Morgan fingerprint density at radius 3 is 2.58 bits per heavy atom. The monoisotopic (exact) mass is 269 g/mol. The van der Waals surface area contributed by atoms with Crippen LogP contribution in [0.15, 0.2) is 0 Å². The first-order valence-corrected chi connectivity index (χ1v) is 7.19. The number of hydrogen-bond acceptors (Lipinski definition) is 3. The second-order valence-corrected chi connectivity index (χ2v) is 6.81. The number of carbonyl (C=O) groups is 2. The van der Waals surface area contributed by atoms with Gasteiger partial charge in [-0.3, -0.25) is 4.79 Å². The molecule has 4 heteroatoms. The van der Waals surface area contributed by atoms with Gasteiger partial charge in [0.25, 0.3) is 0 Å². The van der Waals surface area contributed by atoms with E-state index < -0.39 is 5.60 Å². The first kappa shape index (κ1) is 16.0. The number of ether oxygens (including phenoxy) is 1. The summed E-state index contributed by atoms with van der Waals surface area (Å²) in [5.74, 6) is 0.869. The van der Waals surface area contributed by atoms with Gasteiger partial charge in [-0.05, 0) is 33.1 Å². The zero-order valence-electron chi connectivity index (χ0n) is 12.9. The van der Waals surface area contributed by atoms with Crippen molar-refractivity contribution in [3.8, 4) is 0 Å². The van der Waals surface area contributed by atoms with Crippen LogP contribution >= 0.6 is 0 Å². The van der Waals surface area contributed by atoms with E-state index in [4.69, 9.17) is 4.74 Å². The zero-order chi connectivity index (χ0) is 14.6. The van der Waals surface area contributed by atoms with Crippen molar-refractivity contribution < 1.29 is 14.3 Å². The van der Waals surface area contributed by atoms with E-state index in [0.717, 1.165) is 12.8 Å². The summed E-state index contributed by atoms with van der Waals surface area (Å²) in [5.41, 5.74) is -0.480. The van der Waals surface area contributed by atoms with Crippen LogP contribution in [-0.2, 0) is 9.53 Å². The summed E-state index contributed by atoms with van der Waals surface area (Å²) in [6, 6.07) is 0. The Hall–Kier alpha value is -1.06. The lowest BCUT2D eigenvalue weighted by atomic mass is 9.90. The second-order valence-electron chi connectivity index (χ2n) is 6.81. The lowest BCUT2D eigenvalue weighted by Gasteiger charge is -2.33. The first-order chi connectivity index (χ1) is 8.69. The Balaban J connectivity index is 2.54. The topological polar surface area (TPSA) is 46.6 Å². The van der Waals surface area contributed by atoms with E-state index in [-0.39, 0.29) is 12.0 Å². The van der Waals surface area contributed by atoms with Gasteiger partial charge in [0.1, 0.15) is 11.4 Å². The molecule has 0 aliphatic carbocycles. The van der Waals surface area contributed by atoms with Gasteiger partial charge in [0.2, 0.25) is 0 Å². The predicted molar refractivity (Wildman–Crippen MR) is 75.0 cm³/mol. The first-order valence-electron chi connectivity index (χ1n) is 7.19. The van der Waals surface area contributed by atoms with Crippen LogP contribution < -0.4 is 0 Å². The summed E-state index contributed by atoms with van der Waals surface area (Å²) < 4.78 is 5.36. The molecular formula is C15H27NO3. The molecule has 0 radical (unpaired) electrons. The number of piperidine rings is 1. The number of likely N-dealkylation sites (tertiary alicyclic amines) is 1. The minimum absolute atomic E-state index is 0.0105. The molecule has 1 atom stereocenters. The molecule has 1 rings (SSSR count). The largest absolute Gasteiger partial charge is 0.444 e. The minimum Gasteiger partial charge on any atom is -0.444 e. The van der Waals surface area contributed by atoms with Crippen molar-refractivity contribution in [3.63, 3.8) is 0 Å². The Labute approximate surface area is 116 Å². The number of amides is 1. The number of Topliss-reactive ketones (excluding diaryl/α,β-unsaturated/α-hetero) is 1.